The molecular weight excluding hydrogens is 566 g/mol. The number of aryl methyl sites for hydroxylation is 1. The van der Waals surface area contributed by atoms with Crippen molar-refractivity contribution < 1.29 is 9.53 Å². The van der Waals surface area contributed by atoms with Gasteiger partial charge in [-0.2, -0.15) is 4.98 Å². The third-order valence-corrected chi connectivity index (χ3v) is 10.3. The zero-order chi connectivity index (χ0) is 29.8. The third-order valence-electron chi connectivity index (χ3n) is 9.97. The number of benzene rings is 1. The van der Waals surface area contributed by atoms with E-state index >= 15 is 0 Å². The molecule has 0 unspecified atom stereocenters. The summed E-state index contributed by atoms with van der Waals surface area (Å²) in [6, 6.07) is 4.80. The van der Waals surface area contributed by atoms with Gasteiger partial charge in [-0.05, 0) is 71.3 Å². The van der Waals surface area contributed by atoms with Crippen molar-refractivity contribution >= 4 is 45.7 Å². The highest BCUT2D eigenvalue weighted by molar-refractivity contribution is 6.34. The summed E-state index contributed by atoms with van der Waals surface area (Å²) < 4.78 is 8.04. The molecule has 1 atom stereocenters. The summed E-state index contributed by atoms with van der Waals surface area (Å²) in [5.74, 6) is 0.891. The van der Waals surface area contributed by atoms with E-state index in [4.69, 9.17) is 21.3 Å². The van der Waals surface area contributed by atoms with Crippen molar-refractivity contribution in [2.24, 2.45) is 0 Å². The van der Waals surface area contributed by atoms with Crippen LogP contribution in [-0.4, -0.2) is 88.6 Å². The van der Waals surface area contributed by atoms with Gasteiger partial charge in [0.25, 0.3) is 5.56 Å². The fourth-order valence-corrected chi connectivity index (χ4v) is 7.99. The minimum atomic E-state index is -0.259. The number of pyridine rings is 1. The fraction of sp³-hybridized carbons (Fsp3) is 0.562. The van der Waals surface area contributed by atoms with Crippen LogP contribution >= 0.6 is 11.6 Å². The molecule has 1 saturated carbocycles. The van der Waals surface area contributed by atoms with Crippen molar-refractivity contribution in [1.29, 1.82) is 0 Å². The number of piperidine rings is 1. The number of rotatable bonds is 5. The van der Waals surface area contributed by atoms with Crippen molar-refractivity contribution in [3.05, 3.63) is 44.8 Å². The van der Waals surface area contributed by atoms with E-state index in [9.17, 15) is 9.59 Å². The maximum Gasteiger partial charge on any atom is 0.263 e. The van der Waals surface area contributed by atoms with E-state index in [-0.39, 0.29) is 29.0 Å². The molecule has 1 N–H and O–H groups in total. The summed E-state index contributed by atoms with van der Waals surface area (Å²) in [4.78, 5) is 42.9. The molecule has 228 valence electrons. The van der Waals surface area contributed by atoms with Crippen LogP contribution in [0, 0.1) is 6.92 Å². The first-order chi connectivity index (χ1) is 20.8. The number of halogens is 1. The van der Waals surface area contributed by atoms with Crippen LogP contribution in [0.2, 0.25) is 5.02 Å². The number of piperazine rings is 1. The van der Waals surface area contributed by atoms with Crippen LogP contribution in [0.1, 0.15) is 67.4 Å². The highest BCUT2D eigenvalue weighted by Crippen LogP contribution is 2.44. The second-order valence-electron chi connectivity index (χ2n) is 12.7. The molecule has 0 bridgehead atoms. The molecule has 0 amide bonds. The molecule has 1 aliphatic carbocycles. The van der Waals surface area contributed by atoms with Crippen molar-refractivity contribution in [2.75, 3.05) is 56.6 Å². The normalized spacial score (nSPS) is 22.0. The number of nitrogens with one attached hydrogen (secondary N) is 1. The Morgan fingerprint density at radius 1 is 1.05 bits per heavy atom. The number of fused-ring (bicyclic) bond motifs is 4. The topological polar surface area (TPSA) is 95.8 Å². The summed E-state index contributed by atoms with van der Waals surface area (Å²) in [6.07, 6.45) is 8.06. The quantitative estimate of drug-likeness (QED) is 0.412. The lowest BCUT2D eigenvalue weighted by Gasteiger charge is -2.49. The van der Waals surface area contributed by atoms with Crippen LogP contribution in [0.5, 0.6) is 5.75 Å². The van der Waals surface area contributed by atoms with Gasteiger partial charge in [0.15, 0.2) is 5.78 Å². The first-order valence-corrected chi connectivity index (χ1v) is 16.0. The van der Waals surface area contributed by atoms with Gasteiger partial charge in [0, 0.05) is 55.1 Å². The van der Waals surface area contributed by atoms with Gasteiger partial charge in [-0.1, -0.05) is 24.4 Å². The minimum Gasteiger partial charge on any atom is -0.489 e. The number of nitrogens with zero attached hydrogens (tertiary/aromatic N) is 6. The molecule has 2 aromatic heterocycles. The molecule has 0 radical (unpaired) electrons. The molecule has 5 heterocycles. The van der Waals surface area contributed by atoms with E-state index in [2.05, 4.69) is 32.0 Å². The van der Waals surface area contributed by atoms with E-state index < -0.39 is 0 Å². The summed E-state index contributed by atoms with van der Waals surface area (Å²) in [6.45, 7) is 9.13. The standard InChI is InChI=1S/C32H40ClN7O3/c1-19-25-16-34-32(36-30(25)40(23-6-4-5-7-23)31(42)28(19)20(2)41)35-21-14-26(33)29-27(15-21)43-18-24-17-38(12-13-39(24)29)22-8-10-37(3)11-9-22/h14-16,22-24H,4-13,17-18H2,1-3H3,(H,34,35,36)/t24-/m1/s1. The zero-order valence-electron chi connectivity index (χ0n) is 25.2. The molecule has 4 aliphatic rings. The van der Waals surface area contributed by atoms with Gasteiger partial charge in [0.2, 0.25) is 5.95 Å². The Labute approximate surface area is 257 Å². The van der Waals surface area contributed by atoms with Crippen molar-refractivity contribution in [1.82, 2.24) is 24.3 Å². The number of carbonyl (C=O) groups excluding carboxylic acids is 1. The maximum atomic E-state index is 13.6. The Morgan fingerprint density at radius 3 is 2.56 bits per heavy atom. The number of hydrogen-bond donors (Lipinski definition) is 1. The zero-order valence-corrected chi connectivity index (χ0v) is 26.0. The van der Waals surface area contributed by atoms with Crippen LogP contribution in [0.15, 0.2) is 23.1 Å². The second kappa shape index (κ2) is 11.4. The Bertz CT molecular complexity index is 1630. The minimum absolute atomic E-state index is 0.0240. The first-order valence-electron chi connectivity index (χ1n) is 15.6. The number of likely N-dealkylation sites (tertiary alicyclic amines) is 1. The molecule has 3 fully saturated rings. The number of hydrogen-bond acceptors (Lipinski definition) is 9. The van der Waals surface area contributed by atoms with E-state index in [0.29, 0.717) is 34.8 Å². The van der Waals surface area contributed by atoms with Crippen LogP contribution in [0.25, 0.3) is 11.0 Å². The molecule has 3 aromatic rings. The number of aromatic nitrogens is 3. The average molecular weight is 606 g/mol. The Morgan fingerprint density at radius 2 is 1.81 bits per heavy atom. The summed E-state index contributed by atoms with van der Waals surface area (Å²) in [5.41, 5.74) is 2.83. The lowest BCUT2D eigenvalue weighted by molar-refractivity contribution is 0.0868. The molecule has 1 aromatic carbocycles. The molecule has 43 heavy (non-hydrogen) atoms. The number of carbonyl (C=O) groups is 1. The van der Waals surface area contributed by atoms with E-state index in [0.717, 1.165) is 80.9 Å². The van der Waals surface area contributed by atoms with Gasteiger partial charge in [-0.3, -0.25) is 19.1 Å². The largest absolute Gasteiger partial charge is 0.489 e. The Kier molecular flexibility index (Phi) is 7.55. The van der Waals surface area contributed by atoms with Gasteiger partial charge >= 0.3 is 0 Å². The van der Waals surface area contributed by atoms with Crippen LogP contribution < -0.4 is 20.5 Å². The lowest BCUT2D eigenvalue weighted by atomic mass is 10.00. The third kappa shape index (κ3) is 5.17. The van der Waals surface area contributed by atoms with Crippen LogP contribution in [0.4, 0.5) is 17.3 Å². The van der Waals surface area contributed by atoms with Crippen molar-refractivity contribution in [3.63, 3.8) is 0 Å². The highest BCUT2D eigenvalue weighted by atomic mass is 35.5. The maximum absolute atomic E-state index is 13.6. The van der Waals surface area contributed by atoms with Gasteiger partial charge in [0.05, 0.1) is 22.3 Å². The van der Waals surface area contributed by atoms with Gasteiger partial charge in [0.1, 0.15) is 18.0 Å². The molecule has 3 aliphatic heterocycles. The van der Waals surface area contributed by atoms with Crippen molar-refractivity contribution in [2.45, 2.75) is 70.5 Å². The Hall–Kier alpha value is -3.21. The lowest BCUT2D eigenvalue weighted by Crippen LogP contribution is -2.60. The highest BCUT2D eigenvalue weighted by Gasteiger charge is 2.37. The summed E-state index contributed by atoms with van der Waals surface area (Å²) >= 11 is 6.93. The number of ketones is 1. The monoisotopic (exact) mass is 605 g/mol. The van der Waals surface area contributed by atoms with Gasteiger partial charge in [-0.25, -0.2) is 4.98 Å². The molecule has 10 nitrogen and oxygen atoms in total. The Balaban J connectivity index is 1.16. The van der Waals surface area contributed by atoms with Gasteiger partial charge < -0.3 is 19.9 Å². The summed E-state index contributed by atoms with van der Waals surface area (Å²) in [7, 11) is 2.21. The van der Waals surface area contributed by atoms with E-state index in [1.54, 1.807) is 17.7 Å². The molecule has 7 rings (SSSR count). The molecule has 11 heteroatoms. The number of ether oxygens (including phenoxy) is 1. The molecule has 2 saturated heterocycles. The average Bonchev–Trinajstić information content (AvgIpc) is 3.51. The molecule has 0 spiro atoms. The second-order valence-corrected chi connectivity index (χ2v) is 13.1. The smallest absolute Gasteiger partial charge is 0.263 e. The van der Waals surface area contributed by atoms with Crippen LogP contribution in [0.3, 0.4) is 0 Å². The van der Waals surface area contributed by atoms with Gasteiger partial charge in [-0.15, -0.1) is 0 Å². The van der Waals surface area contributed by atoms with E-state index in [1.165, 1.54) is 19.8 Å². The molecular formula is C32H40ClN7O3. The first kappa shape index (κ1) is 28.6. The predicted molar refractivity (Wildman–Crippen MR) is 170 cm³/mol. The van der Waals surface area contributed by atoms with Crippen molar-refractivity contribution in [3.8, 4) is 5.75 Å². The summed E-state index contributed by atoms with van der Waals surface area (Å²) in [5, 5.41) is 4.66. The van der Waals surface area contributed by atoms with Crippen LogP contribution in [-0.2, 0) is 0 Å². The number of Topliss-reactive ketones (excluding diaryl/α,β-unsaturated/α-hetero) is 1. The predicted octanol–water partition coefficient (Wildman–Crippen LogP) is 4.79. The fourth-order valence-electron chi connectivity index (χ4n) is 7.67. The number of anilines is 3. The van der Waals surface area contributed by atoms with E-state index in [1.807, 2.05) is 12.1 Å². The SMILES string of the molecule is CC(=O)c1c(C)c2cnc(Nc3cc(Cl)c4c(c3)OC[C@H]3CN(C5CCN(C)CC5)CCN43)nc2n(C2CCCC2)c1=O.